The Morgan fingerprint density at radius 3 is 2.75 bits per heavy atom. The van der Waals surface area contributed by atoms with Crippen LogP contribution in [0.15, 0.2) is 48.8 Å². The molecule has 2 aromatic carbocycles. The molecule has 0 unspecified atom stereocenters. The molecule has 0 aliphatic carbocycles. The summed E-state index contributed by atoms with van der Waals surface area (Å²) in [7, 11) is 0. The standard InChI is InChI=1S/C23H21F2N5O2/c1-14-11-17-18(28-14)5-6-19(20(17)24)32-23-21(25)22(26-13-27-23)29-15-3-2-4-16(12-15)30-7-9-31-10-8-30/h2-6,11-13,28H,7-10H2,1H3,(H,26,27,29). The van der Waals surface area contributed by atoms with E-state index in [-0.39, 0.29) is 17.4 Å². The van der Waals surface area contributed by atoms with Crippen molar-refractivity contribution in [2.45, 2.75) is 6.92 Å². The van der Waals surface area contributed by atoms with E-state index in [1.165, 1.54) is 12.4 Å². The molecule has 2 aromatic heterocycles. The summed E-state index contributed by atoms with van der Waals surface area (Å²) in [5.41, 5.74) is 3.11. The molecule has 9 heteroatoms. The quantitative estimate of drug-likeness (QED) is 0.462. The van der Waals surface area contributed by atoms with E-state index in [0.29, 0.717) is 29.8 Å². The molecule has 2 N–H and O–H groups in total. The summed E-state index contributed by atoms with van der Waals surface area (Å²) >= 11 is 0. The van der Waals surface area contributed by atoms with Crippen LogP contribution in [0.1, 0.15) is 5.69 Å². The number of hydrogen-bond acceptors (Lipinski definition) is 6. The minimum absolute atomic E-state index is 0.0619. The fourth-order valence-electron chi connectivity index (χ4n) is 3.72. The highest BCUT2D eigenvalue weighted by atomic mass is 19.1. The van der Waals surface area contributed by atoms with E-state index < -0.39 is 11.6 Å². The maximum Gasteiger partial charge on any atom is 0.261 e. The predicted molar refractivity (Wildman–Crippen MR) is 118 cm³/mol. The zero-order valence-electron chi connectivity index (χ0n) is 17.4. The van der Waals surface area contributed by atoms with E-state index in [0.717, 1.165) is 24.5 Å². The van der Waals surface area contributed by atoms with E-state index in [1.54, 1.807) is 12.1 Å². The van der Waals surface area contributed by atoms with Crippen LogP contribution in [-0.4, -0.2) is 41.3 Å². The summed E-state index contributed by atoms with van der Waals surface area (Å²) in [6.07, 6.45) is 1.17. The van der Waals surface area contributed by atoms with Gasteiger partial charge in [0.1, 0.15) is 6.33 Å². The highest BCUT2D eigenvalue weighted by Crippen LogP contribution is 2.32. The van der Waals surface area contributed by atoms with Crippen LogP contribution in [-0.2, 0) is 4.74 Å². The van der Waals surface area contributed by atoms with Gasteiger partial charge in [0.05, 0.1) is 13.2 Å². The Morgan fingerprint density at radius 2 is 1.91 bits per heavy atom. The summed E-state index contributed by atoms with van der Waals surface area (Å²) in [5.74, 6) is -1.94. The topological polar surface area (TPSA) is 75.3 Å². The number of hydrogen-bond donors (Lipinski definition) is 2. The fourth-order valence-corrected chi connectivity index (χ4v) is 3.72. The van der Waals surface area contributed by atoms with Crippen molar-refractivity contribution in [3.8, 4) is 11.6 Å². The summed E-state index contributed by atoms with van der Waals surface area (Å²) < 4.78 is 40.8. The molecule has 32 heavy (non-hydrogen) atoms. The van der Waals surface area contributed by atoms with Crippen LogP contribution in [0, 0.1) is 18.6 Å². The Kier molecular flexibility index (Phi) is 5.32. The van der Waals surface area contributed by atoms with Gasteiger partial charge in [0.15, 0.2) is 17.4 Å². The molecule has 1 saturated heterocycles. The number of aryl methyl sites for hydroxylation is 1. The molecular weight excluding hydrogens is 416 g/mol. The van der Waals surface area contributed by atoms with Gasteiger partial charge in [-0.15, -0.1) is 0 Å². The molecular formula is C23H21F2N5O2. The van der Waals surface area contributed by atoms with Gasteiger partial charge < -0.3 is 24.7 Å². The molecule has 0 saturated carbocycles. The highest BCUT2D eigenvalue weighted by molar-refractivity contribution is 5.82. The second-order valence-electron chi connectivity index (χ2n) is 7.51. The van der Waals surface area contributed by atoms with Crippen LogP contribution >= 0.6 is 0 Å². The maximum atomic E-state index is 15.1. The number of fused-ring (bicyclic) bond motifs is 1. The Morgan fingerprint density at radius 1 is 1.06 bits per heavy atom. The first-order chi connectivity index (χ1) is 15.6. The molecule has 1 aliphatic rings. The molecule has 164 valence electrons. The predicted octanol–water partition coefficient (Wildman–Crippen LogP) is 4.92. The van der Waals surface area contributed by atoms with Crippen molar-refractivity contribution in [3.05, 3.63) is 66.1 Å². The number of halogens is 2. The number of ether oxygens (including phenoxy) is 2. The van der Waals surface area contributed by atoms with Gasteiger partial charge in [0.2, 0.25) is 5.82 Å². The summed E-state index contributed by atoms with van der Waals surface area (Å²) in [4.78, 5) is 13.1. The van der Waals surface area contributed by atoms with Crippen LogP contribution in [0.4, 0.5) is 26.0 Å². The normalized spacial score (nSPS) is 14.0. The average Bonchev–Trinajstić information content (AvgIpc) is 3.20. The number of rotatable bonds is 5. The fraction of sp³-hybridized carbons (Fsp3) is 0.217. The van der Waals surface area contributed by atoms with Gasteiger partial charge in [-0.2, -0.15) is 9.37 Å². The van der Waals surface area contributed by atoms with Crippen LogP contribution in [0.25, 0.3) is 10.9 Å². The zero-order chi connectivity index (χ0) is 22.1. The van der Waals surface area contributed by atoms with E-state index in [4.69, 9.17) is 9.47 Å². The van der Waals surface area contributed by atoms with Gasteiger partial charge in [-0.05, 0) is 43.3 Å². The molecule has 7 nitrogen and oxygen atoms in total. The third kappa shape index (κ3) is 3.94. The third-order valence-corrected chi connectivity index (χ3v) is 5.29. The van der Waals surface area contributed by atoms with Crippen molar-refractivity contribution < 1.29 is 18.3 Å². The average molecular weight is 437 g/mol. The molecule has 0 radical (unpaired) electrons. The van der Waals surface area contributed by atoms with Crippen molar-refractivity contribution in [2.75, 3.05) is 36.5 Å². The number of morpholine rings is 1. The van der Waals surface area contributed by atoms with Crippen LogP contribution in [0.3, 0.4) is 0 Å². The van der Waals surface area contributed by atoms with Crippen LogP contribution in [0.2, 0.25) is 0 Å². The highest BCUT2D eigenvalue weighted by Gasteiger charge is 2.18. The lowest BCUT2D eigenvalue weighted by Gasteiger charge is -2.29. The first-order valence-electron chi connectivity index (χ1n) is 10.2. The minimum atomic E-state index is -0.811. The lowest BCUT2D eigenvalue weighted by Crippen LogP contribution is -2.36. The molecule has 0 bridgehead atoms. The number of anilines is 3. The summed E-state index contributed by atoms with van der Waals surface area (Å²) in [6, 6.07) is 12.4. The number of nitrogens with zero attached hydrogens (tertiary/aromatic N) is 3. The lowest BCUT2D eigenvalue weighted by molar-refractivity contribution is 0.122. The SMILES string of the molecule is Cc1cc2c(F)c(Oc3ncnc(Nc4cccc(N5CCOCC5)c4)c3F)ccc2[nH]1. The van der Waals surface area contributed by atoms with Crippen molar-refractivity contribution in [3.63, 3.8) is 0 Å². The number of aromatic amines is 1. The lowest BCUT2D eigenvalue weighted by atomic mass is 10.2. The monoisotopic (exact) mass is 437 g/mol. The molecule has 5 rings (SSSR count). The van der Waals surface area contributed by atoms with Gasteiger partial charge in [0, 0.05) is 41.1 Å². The molecule has 1 aliphatic heterocycles. The van der Waals surface area contributed by atoms with E-state index in [9.17, 15) is 4.39 Å². The van der Waals surface area contributed by atoms with Crippen LogP contribution < -0.4 is 15.0 Å². The first kappa shape index (κ1) is 20.2. The second-order valence-corrected chi connectivity index (χ2v) is 7.51. The number of H-pyrrole nitrogens is 1. The van der Waals surface area contributed by atoms with E-state index in [1.807, 2.05) is 31.2 Å². The second kappa shape index (κ2) is 8.43. The maximum absolute atomic E-state index is 15.1. The first-order valence-corrected chi connectivity index (χ1v) is 10.2. The Bertz CT molecular complexity index is 1270. The van der Waals surface area contributed by atoms with Crippen molar-refractivity contribution in [1.29, 1.82) is 0 Å². The minimum Gasteiger partial charge on any atom is -0.433 e. The van der Waals surface area contributed by atoms with Gasteiger partial charge in [-0.3, -0.25) is 0 Å². The third-order valence-electron chi connectivity index (χ3n) is 5.29. The molecule has 0 spiro atoms. The van der Waals surface area contributed by atoms with Gasteiger partial charge in [0.25, 0.3) is 5.88 Å². The largest absolute Gasteiger partial charge is 0.433 e. The molecule has 0 amide bonds. The van der Waals surface area contributed by atoms with Gasteiger partial charge >= 0.3 is 0 Å². The van der Waals surface area contributed by atoms with E-state index in [2.05, 4.69) is 25.2 Å². The van der Waals surface area contributed by atoms with Crippen LogP contribution in [0.5, 0.6) is 11.6 Å². The van der Waals surface area contributed by atoms with E-state index >= 15 is 4.39 Å². The van der Waals surface area contributed by atoms with Crippen molar-refractivity contribution in [1.82, 2.24) is 15.0 Å². The zero-order valence-corrected chi connectivity index (χ0v) is 17.4. The molecule has 0 atom stereocenters. The van der Waals surface area contributed by atoms with Gasteiger partial charge in [-0.1, -0.05) is 6.07 Å². The smallest absolute Gasteiger partial charge is 0.261 e. The van der Waals surface area contributed by atoms with Crippen molar-refractivity contribution in [2.24, 2.45) is 0 Å². The summed E-state index contributed by atoms with van der Waals surface area (Å²) in [6.45, 7) is 4.75. The Hall–Kier alpha value is -3.72. The molecule has 4 aromatic rings. The summed E-state index contributed by atoms with van der Waals surface area (Å²) in [5, 5.41) is 3.33. The Labute approximate surface area is 183 Å². The van der Waals surface area contributed by atoms with Crippen molar-refractivity contribution >= 4 is 28.1 Å². The number of benzene rings is 2. The molecule has 3 heterocycles. The Balaban J connectivity index is 1.39. The molecule has 1 fully saturated rings. The number of nitrogens with one attached hydrogen (secondary N) is 2. The number of aromatic nitrogens is 3. The van der Waals surface area contributed by atoms with Gasteiger partial charge in [-0.25, -0.2) is 9.37 Å².